The molecule has 0 saturated heterocycles. The first-order valence-electron chi connectivity index (χ1n) is 9.45. The van der Waals surface area contributed by atoms with Crippen molar-refractivity contribution in [1.82, 2.24) is 9.55 Å². The van der Waals surface area contributed by atoms with E-state index in [4.69, 9.17) is 9.84 Å². The number of aromatic nitrogens is 2. The molecule has 11 heteroatoms. The van der Waals surface area contributed by atoms with Crippen molar-refractivity contribution >= 4 is 30.2 Å². The van der Waals surface area contributed by atoms with Gasteiger partial charge in [0.15, 0.2) is 17.4 Å². The Bertz CT molecular complexity index is 1120. The van der Waals surface area contributed by atoms with Gasteiger partial charge in [-0.1, -0.05) is 18.2 Å². The molecule has 0 radical (unpaired) electrons. The predicted molar refractivity (Wildman–Crippen MR) is 117 cm³/mol. The molecule has 0 aliphatic heterocycles. The molecule has 3 aromatic rings. The van der Waals surface area contributed by atoms with Gasteiger partial charge in [-0.25, -0.2) is 9.37 Å². The third kappa shape index (κ3) is 7.62. The van der Waals surface area contributed by atoms with Crippen LogP contribution in [0.1, 0.15) is 16.7 Å². The van der Waals surface area contributed by atoms with Crippen LogP contribution in [-0.4, -0.2) is 33.8 Å². The molecule has 2 N–H and O–H groups in total. The van der Waals surface area contributed by atoms with Gasteiger partial charge in [-0.2, -0.15) is 13.2 Å². The third-order valence-electron chi connectivity index (χ3n) is 4.24. The van der Waals surface area contributed by atoms with Gasteiger partial charge in [0.25, 0.3) is 0 Å². The molecule has 0 atom stereocenters. The minimum absolute atomic E-state index is 0. The topological polar surface area (TPSA) is 76.4 Å². The number of hydrogen-bond donors (Lipinski definition) is 2. The van der Waals surface area contributed by atoms with E-state index < -0.39 is 23.5 Å². The molecule has 0 saturated carbocycles. The minimum atomic E-state index is -4.42. The van der Waals surface area contributed by atoms with Gasteiger partial charge in [0, 0.05) is 18.8 Å². The smallest absolute Gasteiger partial charge is 0.416 e. The van der Waals surface area contributed by atoms with E-state index in [1.54, 1.807) is 10.6 Å². The van der Waals surface area contributed by atoms with E-state index in [-0.39, 0.29) is 43.7 Å². The zero-order valence-electron chi connectivity index (χ0n) is 17.1. The molecule has 0 aliphatic carbocycles. The number of carbonyl (C=O) groups excluding carboxylic acids is 1. The first kappa shape index (κ1) is 25.9. The van der Waals surface area contributed by atoms with Crippen LogP contribution in [-0.2, 0) is 17.5 Å². The number of nitrogens with zero attached hydrogens (tertiary/aromatic N) is 2. The highest BCUT2D eigenvalue weighted by Gasteiger charge is 2.30. The van der Waals surface area contributed by atoms with Crippen molar-refractivity contribution in [3.8, 4) is 5.75 Å². The molecule has 0 bridgehead atoms. The number of anilines is 1. The van der Waals surface area contributed by atoms with Crippen LogP contribution in [0.3, 0.4) is 0 Å². The van der Waals surface area contributed by atoms with Gasteiger partial charge in [-0.3, -0.25) is 4.79 Å². The van der Waals surface area contributed by atoms with Crippen molar-refractivity contribution in [2.24, 2.45) is 0 Å². The fraction of sp³-hybridized carbons (Fsp3) is 0.182. The Hall–Kier alpha value is -3.37. The Labute approximate surface area is 192 Å². The summed E-state index contributed by atoms with van der Waals surface area (Å²) in [6, 6.07) is 8.98. The van der Waals surface area contributed by atoms with Crippen molar-refractivity contribution in [3.63, 3.8) is 0 Å². The number of rotatable bonds is 8. The summed E-state index contributed by atoms with van der Waals surface area (Å²) in [4.78, 5) is 16.1. The summed E-state index contributed by atoms with van der Waals surface area (Å²) >= 11 is 0. The number of ether oxygens (including phenoxy) is 1. The lowest BCUT2D eigenvalue weighted by atomic mass is 10.1. The molecule has 1 amide bonds. The third-order valence-corrected chi connectivity index (χ3v) is 4.24. The molecule has 176 valence electrons. The molecular weight excluding hydrogens is 466 g/mol. The van der Waals surface area contributed by atoms with Gasteiger partial charge in [0.1, 0.15) is 6.61 Å². The van der Waals surface area contributed by atoms with E-state index >= 15 is 0 Å². The number of benzene rings is 2. The average Bonchev–Trinajstić information content (AvgIpc) is 3.18. The van der Waals surface area contributed by atoms with Crippen LogP contribution in [0.25, 0.3) is 6.08 Å². The normalized spacial score (nSPS) is 11.3. The van der Waals surface area contributed by atoms with Crippen LogP contribution in [0.15, 0.2) is 61.1 Å². The van der Waals surface area contributed by atoms with E-state index in [0.29, 0.717) is 11.1 Å². The number of carbonyl (C=O) groups is 1. The number of aliphatic hydroxyl groups is 1. The van der Waals surface area contributed by atoms with Gasteiger partial charge in [-0.15, -0.1) is 12.4 Å². The van der Waals surface area contributed by atoms with Crippen LogP contribution >= 0.6 is 12.4 Å². The lowest BCUT2D eigenvalue weighted by Gasteiger charge is -2.09. The van der Waals surface area contributed by atoms with Crippen molar-refractivity contribution in [2.45, 2.75) is 12.7 Å². The van der Waals surface area contributed by atoms with E-state index in [2.05, 4.69) is 10.3 Å². The first-order chi connectivity index (χ1) is 15.2. The number of imidazole rings is 1. The fourth-order valence-corrected chi connectivity index (χ4v) is 2.80. The molecule has 0 aliphatic rings. The van der Waals surface area contributed by atoms with Crippen LogP contribution in [0.2, 0.25) is 0 Å². The molecule has 3 rings (SSSR count). The maximum Gasteiger partial charge on any atom is 0.416 e. The lowest BCUT2D eigenvalue weighted by molar-refractivity contribution is -0.137. The lowest BCUT2D eigenvalue weighted by Crippen LogP contribution is -2.08. The minimum Gasteiger partial charge on any atom is -0.488 e. The predicted octanol–water partition coefficient (Wildman–Crippen LogP) is 4.53. The summed E-state index contributed by atoms with van der Waals surface area (Å²) in [5.41, 5.74) is 0.203. The van der Waals surface area contributed by atoms with Gasteiger partial charge in [0.2, 0.25) is 5.91 Å². The highest BCUT2D eigenvalue weighted by atomic mass is 35.5. The highest BCUT2D eigenvalue weighted by molar-refractivity contribution is 6.01. The van der Waals surface area contributed by atoms with Gasteiger partial charge in [-0.05, 0) is 41.5 Å². The number of aliphatic hydroxyl groups excluding tert-OH is 1. The second-order valence-electron chi connectivity index (χ2n) is 6.71. The monoisotopic (exact) mass is 485 g/mol. The standard InChI is InChI=1S/C22H19F4N3O3.ClH/c23-18-6-4-15(11-19(18)32-9-8-30)5-7-21(31)28-20-13-29(14-27-20)12-16-2-1-3-17(10-16)22(24,25)26;/h1-7,10-11,13-14,30H,8-9,12H2,(H,28,31);1H/b7-5+;. The number of nitrogens with one attached hydrogen (secondary N) is 1. The number of halogens is 5. The summed E-state index contributed by atoms with van der Waals surface area (Å²) < 4.78 is 58.8. The molecule has 6 nitrogen and oxygen atoms in total. The van der Waals surface area contributed by atoms with Crippen molar-refractivity contribution < 1.29 is 32.2 Å². The van der Waals surface area contributed by atoms with E-state index in [0.717, 1.165) is 12.1 Å². The summed E-state index contributed by atoms with van der Waals surface area (Å²) in [6.07, 6.45) is 1.12. The molecule has 0 spiro atoms. The Morgan fingerprint density at radius 2 is 2.00 bits per heavy atom. The maximum atomic E-state index is 13.6. The first-order valence-corrected chi connectivity index (χ1v) is 9.45. The van der Waals surface area contributed by atoms with Gasteiger partial charge < -0.3 is 19.7 Å². The summed E-state index contributed by atoms with van der Waals surface area (Å²) in [6.45, 7) is -0.176. The van der Waals surface area contributed by atoms with Crippen molar-refractivity contribution in [2.75, 3.05) is 18.5 Å². The van der Waals surface area contributed by atoms with Crippen molar-refractivity contribution in [3.05, 3.63) is 83.6 Å². The average molecular weight is 486 g/mol. The zero-order chi connectivity index (χ0) is 23.1. The SMILES string of the molecule is Cl.O=C(/C=C/c1ccc(F)c(OCCO)c1)Nc1cn(Cc2cccc(C(F)(F)F)c2)cn1. The van der Waals surface area contributed by atoms with Crippen LogP contribution in [0, 0.1) is 5.82 Å². The molecule has 0 fully saturated rings. The largest absolute Gasteiger partial charge is 0.488 e. The molecular formula is C22H20ClF4N3O3. The molecule has 1 aromatic heterocycles. The quantitative estimate of drug-likeness (QED) is 0.363. The second-order valence-corrected chi connectivity index (χ2v) is 6.71. The molecule has 1 heterocycles. The fourth-order valence-electron chi connectivity index (χ4n) is 2.80. The second kappa shape index (κ2) is 11.5. The Balaban J connectivity index is 0.00000385. The zero-order valence-corrected chi connectivity index (χ0v) is 17.9. The van der Waals surface area contributed by atoms with Gasteiger partial charge >= 0.3 is 6.18 Å². The van der Waals surface area contributed by atoms with E-state index in [1.165, 1.54) is 48.9 Å². The van der Waals surface area contributed by atoms with E-state index in [9.17, 15) is 22.4 Å². The number of alkyl halides is 3. The summed E-state index contributed by atoms with van der Waals surface area (Å²) in [5, 5.41) is 11.3. The summed E-state index contributed by atoms with van der Waals surface area (Å²) in [7, 11) is 0. The van der Waals surface area contributed by atoms with Crippen molar-refractivity contribution in [1.29, 1.82) is 0 Å². The Kier molecular flexibility index (Phi) is 9.01. The number of hydrogen-bond acceptors (Lipinski definition) is 4. The maximum absolute atomic E-state index is 13.6. The Morgan fingerprint density at radius 3 is 2.73 bits per heavy atom. The van der Waals surface area contributed by atoms with Crippen LogP contribution < -0.4 is 10.1 Å². The molecule has 0 unspecified atom stereocenters. The van der Waals surface area contributed by atoms with Crippen LogP contribution in [0.5, 0.6) is 5.75 Å². The molecule has 33 heavy (non-hydrogen) atoms. The highest BCUT2D eigenvalue weighted by Crippen LogP contribution is 2.29. The van der Waals surface area contributed by atoms with Gasteiger partial charge in [0.05, 0.1) is 18.5 Å². The van der Waals surface area contributed by atoms with Crippen LogP contribution in [0.4, 0.5) is 23.4 Å². The summed E-state index contributed by atoms with van der Waals surface area (Å²) in [5.74, 6) is -0.921. The van der Waals surface area contributed by atoms with E-state index in [1.807, 2.05) is 0 Å². The number of amides is 1. The Morgan fingerprint density at radius 1 is 1.21 bits per heavy atom. The molecule has 2 aromatic carbocycles.